The average molecular weight is 541 g/mol. The van der Waals surface area contributed by atoms with E-state index in [1.54, 1.807) is 54.6 Å². The lowest BCUT2D eigenvalue weighted by atomic mass is 9.97. The van der Waals surface area contributed by atoms with Gasteiger partial charge in [-0.05, 0) is 83.3 Å². The van der Waals surface area contributed by atoms with E-state index in [0.717, 1.165) is 16.0 Å². The van der Waals surface area contributed by atoms with Gasteiger partial charge in [-0.15, -0.1) is 0 Å². The molecule has 0 unspecified atom stereocenters. The zero-order valence-electron chi connectivity index (χ0n) is 20.6. The quantitative estimate of drug-likeness (QED) is 0.220. The summed E-state index contributed by atoms with van der Waals surface area (Å²) < 4.78 is 19.5. The molecule has 4 aromatic carbocycles. The Kier molecular flexibility index (Phi) is 7.52. The Morgan fingerprint density at radius 1 is 0.846 bits per heavy atom. The van der Waals surface area contributed by atoms with E-state index in [0.29, 0.717) is 34.9 Å². The molecule has 0 bridgehead atoms. The average Bonchev–Trinajstić information content (AvgIpc) is 2.92. The van der Waals surface area contributed by atoms with Crippen LogP contribution < -0.4 is 15.0 Å². The zero-order valence-corrected chi connectivity index (χ0v) is 21.3. The van der Waals surface area contributed by atoms with Crippen molar-refractivity contribution in [2.24, 2.45) is 0 Å². The third kappa shape index (κ3) is 6.05. The van der Waals surface area contributed by atoms with Crippen LogP contribution in [0.15, 0.2) is 103 Å². The number of barbiturate groups is 1. The van der Waals surface area contributed by atoms with Crippen molar-refractivity contribution in [3.8, 4) is 5.75 Å². The highest BCUT2D eigenvalue weighted by molar-refractivity contribution is 6.39. The van der Waals surface area contributed by atoms with Crippen LogP contribution in [0.5, 0.6) is 5.75 Å². The Morgan fingerprint density at radius 2 is 1.59 bits per heavy atom. The summed E-state index contributed by atoms with van der Waals surface area (Å²) >= 11 is 6.21. The summed E-state index contributed by atoms with van der Waals surface area (Å²) in [7, 11) is 0. The lowest BCUT2D eigenvalue weighted by Gasteiger charge is -2.26. The van der Waals surface area contributed by atoms with Crippen LogP contribution in [0.25, 0.3) is 6.08 Å². The van der Waals surface area contributed by atoms with E-state index >= 15 is 0 Å². The minimum atomic E-state index is -0.855. The molecule has 39 heavy (non-hydrogen) atoms. The molecule has 194 valence electrons. The highest BCUT2D eigenvalue weighted by atomic mass is 35.5. The maximum absolute atomic E-state index is 13.7. The van der Waals surface area contributed by atoms with E-state index < -0.39 is 17.8 Å². The van der Waals surface area contributed by atoms with E-state index in [1.165, 1.54) is 18.2 Å². The number of amides is 4. The number of nitrogens with zero attached hydrogens (tertiary/aromatic N) is 1. The number of ether oxygens (including phenoxy) is 1. The topological polar surface area (TPSA) is 75.7 Å². The monoisotopic (exact) mass is 540 g/mol. The van der Waals surface area contributed by atoms with E-state index in [4.69, 9.17) is 16.3 Å². The van der Waals surface area contributed by atoms with Gasteiger partial charge < -0.3 is 4.74 Å². The lowest BCUT2D eigenvalue weighted by molar-refractivity contribution is -0.122. The predicted molar refractivity (Wildman–Crippen MR) is 147 cm³/mol. The van der Waals surface area contributed by atoms with Gasteiger partial charge in [0.2, 0.25) is 0 Å². The first-order valence-electron chi connectivity index (χ1n) is 12.1. The van der Waals surface area contributed by atoms with Crippen molar-refractivity contribution >= 4 is 41.2 Å². The van der Waals surface area contributed by atoms with Gasteiger partial charge >= 0.3 is 6.03 Å². The van der Waals surface area contributed by atoms with Crippen molar-refractivity contribution in [2.75, 3.05) is 4.90 Å². The second kappa shape index (κ2) is 11.3. The first kappa shape index (κ1) is 25.9. The van der Waals surface area contributed by atoms with Crippen molar-refractivity contribution in [3.63, 3.8) is 0 Å². The molecule has 1 aliphatic rings. The molecule has 0 spiro atoms. The fraction of sp³-hybridized carbons (Fsp3) is 0.0645. The van der Waals surface area contributed by atoms with Crippen molar-refractivity contribution in [1.29, 1.82) is 0 Å². The van der Waals surface area contributed by atoms with Gasteiger partial charge in [-0.1, -0.05) is 60.1 Å². The third-order valence-electron chi connectivity index (χ3n) is 6.14. The van der Waals surface area contributed by atoms with Gasteiger partial charge in [0.25, 0.3) is 11.8 Å². The largest absolute Gasteiger partial charge is 0.489 e. The molecule has 1 aliphatic heterocycles. The molecular formula is C31H22ClFN2O4. The van der Waals surface area contributed by atoms with E-state index in [-0.39, 0.29) is 17.1 Å². The normalized spacial score (nSPS) is 14.5. The van der Waals surface area contributed by atoms with Crippen LogP contribution in [0.2, 0.25) is 5.02 Å². The van der Waals surface area contributed by atoms with Gasteiger partial charge in [0.1, 0.15) is 23.7 Å². The number of anilines is 1. The first-order chi connectivity index (χ1) is 18.9. The highest BCUT2D eigenvalue weighted by Gasteiger charge is 2.37. The van der Waals surface area contributed by atoms with Crippen molar-refractivity contribution in [1.82, 2.24) is 5.32 Å². The summed E-state index contributed by atoms with van der Waals surface area (Å²) in [4.78, 5) is 39.7. The Labute approximate surface area is 229 Å². The molecule has 0 atom stereocenters. The Morgan fingerprint density at radius 3 is 2.33 bits per heavy atom. The number of hydrogen-bond acceptors (Lipinski definition) is 4. The van der Waals surface area contributed by atoms with Crippen LogP contribution in [0.4, 0.5) is 14.9 Å². The van der Waals surface area contributed by atoms with Gasteiger partial charge in [-0.2, -0.15) is 0 Å². The van der Waals surface area contributed by atoms with Crippen molar-refractivity contribution in [2.45, 2.75) is 13.0 Å². The Bertz CT molecular complexity index is 1590. The van der Waals surface area contributed by atoms with Gasteiger partial charge in [-0.3, -0.25) is 14.9 Å². The van der Waals surface area contributed by atoms with Crippen LogP contribution in [0.3, 0.4) is 0 Å². The molecule has 8 heteroatoms. The number of nitrogens with one attached hydrogen (secondary N) is 1. The van der Waals surface area contributed by atoms with E-state index in [9.17, 15) is 18.8 Å². The molecule has 1 N–H and O–H groups in total. The number of rotatable bonds is 7. The SMILES string of the molecule is O=C1NC(=O)N(c2ccc(OCc3ccccc3)cc2)C(=O)/C1=C/c1cc(Cl)ccc1Cc1cccc(F)c1. The van der Waals surface area contributed by atoms with Gasteiger partial charge in [0.15, 0.2) is 0 Å². The second-order valence-electron chi connectivity index (χ2n) is 8.88. The molecule has 0 aromatic heterocycles. The number of carbonyl (C=O) groups excluding carboxylic acids is 3. The van der Waals surface area contributed by atoms with Crippen LogP contribution in [0.1, 0.15) is 22.3 Å². The third-order valence-corrected chi connectivity index (χ3v) is 6.37. The number of hydrogen-bond donors (Lipinski definition) is 1. The predicted octanol–water partition coefficient (Wildman–Crippen LogP) is 6.32. The van der Waals surface area contributed by atoms with Gasteiger partial charge in [0.05, 0.1) is 5.69 Å². The maximum atomic E-state index is 13.7. The molecule has 1 fully saturated rings. The molecule has 1 saturated heterocycles. The van der Waals surface area contributed by atoms with E-state index in [1.807, 2.05) is 30.3 Å². The summed E-state index contributed by atoms with van der Waals surface area (Å²) in [6.45, 7) is 0.363. The molecule has 1 heterocycles. The molecule has 6 nitrogen and oxygen atoms in total. The highest BCUT2D eigenvalue weighted by Crippen LogP contribution is 2.27. The first-order valence-corrected chi connectivity index (χ1v) is 12.5. The number of urea groups is 1. The van der Waals surface area contributed by atoms with Gasteiger partial charge in [0, 0.05) is 5.02 Å². The summed E-state index contributed by atoms with van der Waals surface area (Å²) in [6, 6.07) is 26.4. The number of benzene rings is 4. The minimum absolute atomic E-state index is 0.234. The van der Waals surface area contributed by atoms with Crippen LogP contribution in [-0.4, -0.2) is 17.8 Å². The fourth-order valence-electron chi connectivity index (χ4n) is 4.21. The zero-order chi connectivity index (χ0) is 27.4. The number of carbonyl (C=O) groups is 3. The number of halogens is 2. The Hall–Kier alpha value is -4.75. The summed E-state index contributed by atoms with van der Waals surface area (Å²) in [5.41, 5.74) is 2.97. The van der Waals surface area contributed by atoms with Crippen LogP contribution >= 0.6 is 11.6 Å². The second-order valence-corrected chi connectivity index (χ2v) is 9.31. The summed E-state index contributed by atoms with van der Waals surface area (Å²) in [5.74, 6) is -1.41. The minimum Gasteiger partial charge on any atom is -0.489 e. The van der Waals surface area contributed by atoms with Crippen molar-refractivity contribution in [3.05, 3.63) is 136 Å². The maximum Gasteiger partial charge on any atom is 0.335 e. The summed E-state index contributed by atoms with van der Waals surface area (Å²) in [5, 5.41) is 2.62. The molecule has 0 radical (unpaired) electrons. The Balaban J connectivity index is 1.40. The molecule has 5 rings (SSSR count). The molecular weight excluding hydrogens is 519 g/mol. The lowest BCUT2D eigenvalue weighted by Crippen LogP contribution is -2.54. The fourth-order valence-corrected chi connectivity index (χ4v) is 4.39. The van der Waals surface area contributed by atoms with Crippen LogP contribution in [0, 0.1) is 5.82 Å². The summed E-state index contributed by atoms with van der Waals surface area (Å²) in [6.07, 6.45) is 1.74. The standard InChI is InChI=1S/C31H22ClFN2O4/c32-24-10-9-22(15-21-7-4-8-25(33)16-21)23(17-24)18-28-29(36)34-31(38)35(30(28)37)26-11-13-27(14-12-26)39-19-20-5-2-1-3-6-20/h1-14,16-18H,15,19H2,(H,34,36,38)/b28-18+. The van der Waals surface area contributed by atoms with Crippen LogP contribution in [-0.2, 0) is 22.6 Å². The smallest absolute Gasteiger partial charge is 0.335 e. The van der Waals surface area contributed by atoms with E-state index in [2.05, 4.69) is 5.32 Å². The molecule has 4 aromatic rings. The number of imide groups is 2. The van der Waals surface area contributed by atoms with Crippen molar-refractivity contribution < 1.29 is 23.5 Å². The molecule has 4 amide bonds. The molecule has 0 aliphatic carbocycles. The molecule has 0 saturated carbocycles. The van der Waals surface area contributed by atoms with Gasteiger partial charge in [-0.25, -0.2) is 14.1 Å².